The lowest BCUT2D eigenvalue weighted by Gasteiger charge is -2.07. The van der Waals surface area contributed by atoms with E-state index in [1.807, 2.05) is 42.5 Å². The summed E-state index contributed by atoms with van der Waals surface area (Å²) in [5.41, 5.74) is 1.14. The van der Waals surface area contributed by atoms with Crippen LogP contribution in [0.1, 0.15) is 21.9 Å². The van der Waals surface area contributed by atoms with Crippen molar-refractivity contribution in [3.63, 3.8) is 0 Å². The normalized spacial score (nSPS) is 10.7. The molecule has 7 heteroatoms. The minimum atomic E-state index is -0.290. The predicted octanol–water partition coefficient (Wildman–Crippen LogP) is 3.17. The topological polar surface area (TPSA) is 90.1 Å². The first-order valence-electron chi connectivity index (χ1n) is 8.89. The Morgan fingerprint density at radius 1 is 1.11 bits per heavy atom. The van der Waals surface area contributed by atoms with Gasteiger partial charge in [0.2, 0.25) is 0 Å². The molecule has 4 rings (SSSR count). The van der Waals surface area contributed by atoms with Gasteiger partial charge in [-0.15, -0.1) is 0 Å². The van der Waals surface area contributed by atoms with Crippen molar-refractivity contribution < 1.29 is 14.1 Å². The number of nitrogens with zero attached hydrogens (tertiary/aromatic N) is 3. The van der Waals surface area contributed by atoms with Gasteiger partial charge in [0.25, 0.3) is 5.91 Å². The fourth-order valence-corrected chi connectivity index (χ4v) is 2.80. The van der Waals surface area contributed by atoms with Crippen LogP contribution in [-0.4, -0.2) is 27.6 Å². The second-order valence-corrected chi connectivity index (χ2v) is 6.15. The van der Waals surface area contributed by atoms with E-state index in [1.54, 1.807) is 24.7 Å². The van der Waals surface area contributed by atoms with E-state index in [2.05, 4.69) is 20.4 Å². The molecule has 1 amide bonds. The molecule has 1 aromatic carbocycles. The van der Waals surface area contributed by atoms with Crippen molar-refractivity contribution in [3.8, 4) is 5.75 Å². The quantitative estimate of drug-likeness (QED) is 0.534. The summed E-state index contributed by atoms with van der Waals surface area (Å²) in [5, 5.41) is 8.59. The standard InChI is InChI=1S/C21H18N4O3/c26-21(24-11-7-16-5-1-2-9-23-16)19-12-17(28-25-19)14-27-20-6-3-4-15-13-22-10-8-18(15)20/h1-6,8-10,12-13H,7,11,14H2,(H,24,26). The third-order valence-electron chi connectivity index (χ3n) is 4.20. The summed E-state index contributed by atoms with van der Waals surface area (Å²) in [6, 6.07) is 14.9. The van der Waals surface area contributed by atoms with Crippen LogP contribution in [0, 0.1) is 0 Å². The molecular formula is C21H18N4O3. The van der Waals surface area contributed by atoms with Gasteiger partial charge in [0.15, 0.2) is 11.5 Å². The number of nitrogens with one attached hydrogen (secondary N) is 1. The average molecular weight is 374 g/mol. The molecule has 0 unspecified atom stereocenters. The van der Waals surface area contributed by atoms with Crippen LogP contribution in [0.3, 0.4) is 0 Å². The van der Waals surface area contributed by atoms with Gasteiger partial charge in [0, 0.05) is 54.1 Å². The van der Waals surface area contributed by atoms with Gasteiger partial charge in [-0.1, -0.05) is 23.4 Å². The maximum atomic E-state index is 12.2. The van der Waals surface area contributed by atoms with Crippen LogP contribution < -0.4 is 10.1 Å². The van der Waals surface area contributed by atoms with E-state index in [0.29, 0.717) is 18.7 Å². The fourth-order valence-electron chi connectivity index (χ4n) is 2.80. The molecule has 0 atom stereocenters. The molecule has 0 aliphatic rings. The van der Waals surface area contributed by atoms with E-state index in [9.17, 15) is 4.79 Å². The Balaban J connectivity index is 1.33. The number of ether oxygens (including phenoxy) is 1. The van der Waals surface area contributed by atoms with E-state index < -0.39 is 0 Å². The van der Waals surface area contributed by atoms with Crippen molar-refractivity contribution in [1.82, 2.24) is 20.4 Å². The lowest BCUT2D eigenvalue weighted by atomic mass is 10.1. The Morgan fingerprint density at radius 2 is 2.07 bits per heavy atom. The van der Waals surface area contributed by atoms with Gasteiger partial charge in [-0.05, 0) is 24.3 Å². The second kappa shape index (κ2) is 8.30. The van der Waals surface area contributed by atoms with Gasteiger partial charge < -0.3 is 14.6 Å². The zero-order valence-corrected chi connectivity index (χ0v) is 15.0. The number of carbonyl (C=O) groups excluding carboxylic acids is 1. The van der Waals surface area contributed by atoms with Crippen molar-refractivity contribution in [2.75, 3.05) is 6.54 Å². The molecule has 0 spiro atoms. The number of hydrogen-bond acceptors (Lipinski definition) is 6. The van der Waals surface area contributed by atoms with Gasteiger partial charge in [0.05, 0.1) is 0 Å². The summed E-state index contributed by atoms with van der Waals surface area (Å²) < 4.78 is 11.1. The number of benzene rings is 1. The van der Waals surface area contributed by atoms with Crippen LogP contribution in [0.5, 0.6) is 5.75 Å². The molecule has 3 aromatic heterocycles. The molecule has 7 nitrogen and oxygen atoms in total. The highest BCUT2D eigenvalue weighted by Crippen LogP contribution is 2.25. The molecule has 0 saturated carbocycles. The van der Waals surface area contributed by atoms with Crippen molar-refractivity contribution >= 4 is 16.7 Å². The Labute approximate surface area is 161 Å². The van der Waals surface area contributed by atoms with E-state index in [1.165, 1.54) is 0 Å². The largest absolute Gasteiger partial charge is 0.485 e. The van der Waals surface area contributed by atoms with E-state index in [-0.39, 0.29) is 18.2 Å². The first-order valence-corrected chi connectivity index (χ1v) is 8.89. The lowest BCUT2D eigenvalue weighted by Crippen LogP contribution is -2.26. The smallest absolute Gasteiger partial charge is 0.273 e. The molecule has 3 heterocycles. The molecule has 0 saturated heterocycles. The molecule has 0 fully saturated rings. The van der Waals surface area contributed by atoms with Gasteiger partial charge in [-0.25, -0.2) is 0 Å². The summed E-state index contributed by atoms with van der Waals surface area (Å²) in [6.45, 7) is 0.647. The molecule has 0 radical (unpaired) electrons. The van der Waals surface area contributed by atoms with Crippen molar-refractivity contribution in [2.45, 2.75) is 13.0 Å². The van der Waals surface area contributed by atoms with Crippen LogP contribution in [-0.2, 0) is 13.0 Å². The van der Waals surface area contributed by atoms with Gasteiger partial charge >= 0.3 is 0 Å². The fraction of sp³-hybridized carbons (Fsp3) is 0.143. The van der Waals surface area contributed by atoms with Crippen LogP contribution in [0.25, 0.3) is 10.8 Å². The number of carbonyl (C=O) groups is 1. The third-order valence-corrected chi connectivity index (χ3v) is 4.20. The number of pyridine rings is 2. The first-order chi connectivity index (χ1) is 13.8. The van der Waals surface area contributed by atoms with E-state index in [4.69, 9.17) is 9.26 Å². The van der Waals surface area contributed by atoms with Crippen LogP contribution in [0.15, 0.2) is 71.6 Å². The maximum absolute atomic E-state index is 12.2. The lowest BCUT2D eigenvalue weighted by molar-refractivity contribution is 0.0944. The van der Waals surface area contributed by atoms with Gasteiger partial charge in [0.1, 0.15) is 12.4 Å². The van der Waals surface area contributed by atoms with Gasteiger partial charge in [-0.3, -0.25) is 14.8 Å². The minimum Gasteiger partial charge on any atom is -0.485 e. The third kappa shape index (κ3) is 4.15. The number of amides is 1. The molecule has 0 bridgehead atoms. The van der Waals surface area contributed by atoms with Crippen molar-refractivity contribution in [1.29, 1.82) is 0 Å². The molecule has 28 heavy (non-hydrogen) atoms. The maximum Gasteiger partial charge on any atom is 0.273 e. The Bertz CT molecular complexity index is 1070. The van der Waals surface area contributed by atoms with E-state index in [0.717, 1.165) is 22.2 Å². The second-order valence-electron chi connectivity index (χ2n) is 6.15. The van der Waals surface area contributed by atoms with Crippen LogP contribution >= 0.6 is 0 Å². The Hall–Kier alpha value is -3.74. The zero-order chi connectivity index (χ0) is 19.2. The zero-order valence-electron chi connectivity index (χ0n) is 15.0. The SMILES string of the molecule is O=C(NCCc1ccccn1)c1cc(COc2cccc3cnccc23)on1. The van der Waals surface area contributed by atoms with Gasteiger partial charge in [-0.2, -0.15) is 0 Å². The van der Waals surface area contributed by atoms with Crippen LogP contribution in [0.2, 0.25) is 0 Å². The molecule has 1 N–H and O–H groups in total. The van der Waals surface area contributed by atoms with E-state index >= 15 is 0 Å². The Morgan fingerprint density at radius 3 is 2.96 bits per heavy atom. The van der Waals surface area contributed by atoms with Crippen molar-refractivity contribution in [2.24, 2.45) is 0 Å². The van der Waals surface area contributed by atoms with Crippen LogP contribution in [0.4, 0.5) is 0 Å². The highest BCUT2D eigenvalue weighted by atomic mass is 16.5. The number of fused-ring (bicyclic) bond motifs is 1. The molecule has 0 aliphatic carbocycles. The number of aromatic nitrogens is 3. The average Bonchev–Trinajstić information content (AvgIpc) is 3.22. The predicted molar refractivity (Wildman–Crippen MR) is 103 cm³/mol. The number of hydrogen-bond donors (Lipinski definition) is 1. The molecule has 4 aromatic rings. The number of rotatable bonds is 7. The highest BCUT2D eigenvalue weighted by molar-refractivity contribution is 5.92. The monoisotopic (exact) mass is 374 g/mol. The highest BCUT2D eigenvalue weighted by Gasteiger charge is 2.13. The summed E-state index contributed by atoms with van der Waals surface area (Å²) in [6.07, 6.45) is 5.88. The molecular weight excluding hydrogens is 356 g/mol. The van der Waals surface area contributed by atoms with Crippen molar-refractivity contribution in [3.05, 3.63) is 84.3 Å². The first kappa shape index (κ1) is 17.7. The Kier molecular flexibility index (Phi) is 5.24. The molecule has 140 valence electrons. The summed E-state index contributed by atoms with van der Waals surface area (Å²) >= 11 is 0. The minimum absolute atomic E-state index is 0.176. The summed E-state index contributed by atoms with van der Waals surface area (Å²) in [5.74, 6) is 0.903. The molecule has 0 aliphatic heterocycles. The summed E-state index contributed by atoms with van der Waals surface area (Å²) in [7, 11) is 0. The summed E-state index contributed by atoms with van der Waals surface area (Å²) in [4.78, 5) is 20.5.